The molecule has 1 atom stereocenters. The maximum absolute atomic E-state index is 12.2. The van der Waals surface area contributed by atoms with Gasteiger partial charge in [0.05, 0.1) is 0 Å². The first kappa shape index (κ1) is 9.14. The van der Waals surface area contributed by atoms with Crippen molar-refractivity contribution >= 4 is 5.78 Å². The van der Waals surface area contributed by atoms with E-state index in [0.717, 1.165) is 19.3 Å². The van der Waals surface area contributed by atoms with Crippen LogP contribution in [0, 0.1) is 5.92 Å². The Labute approximate surface area is 90.5 Å². The molecule has 0 radical (unpaired) electrons. The molecule has 0 amide bonds. The average Bonchev–Trinajstić information content (AvgIpc) is 2.72. The van der Waals surface area contributed by atoms with Crippen LogP contribution in [-0.4, -0.2) is 5.78 Å². The minimum Gasteiger partial charge on any atom is -0.299 e. The van der Waals surface area contributed by atoms with Crippen molar-refractivity contribution in [3.05, 3.63) is 35.4 Å². The Morgan fingerprint density at radius 3 is 2.60 bits per heavy atom. The third-order valence-corrected chi connectivity index (χ3v) is 3.96. The monoisotopic (exact) mass is 200 g/mol. The molecule has 3 rings (SSSR count). The van der Waals surface area contributed by atoms with Gasteiger partial charge >= 0.3 is 0 Å². The van der Waals surface area contributed by atoms with Gasteiger partial charge in [0.25, 0.3) is 0 Å². The summed E-state index contributed by atoms with van der Waals surface area (Å²) in [6.07, 6.45) is 5.77. The Balaban J connectivity index is 1.78. The number of hydrogen-bond acceptors (Lipinski definition) is 1. The fraction of sp³-hybridized carbons (Fsp3) is 0.500. The molecule has 1 aromatic carbocycles. The number of carbonyl (C=O) groups excluding carboxylic acids is 1. The summed E-state index contributed by atoms with van der Waals surface area (Å²) in [4.78, 5) is 12.2. The number of rotatable bonds is 2. The van der Waals surface area contributed by atoms with Gasteiger partial charge in [-0.3, -0.25) is 4.79 Å². The molecule has 2 aliphatic rings. The first-order chi connectivity index (χ1) is 7.36. The van der Waals surface area contributed by atoms with Crippen molar-refractivity contribution in [2.24, 2.45) is 5.92 Å². The summed E-state index contributed by atoms with van der Waals surface area (Å²) < 4.78 is 0. The van der Waals surface area contributed by atoms with E-state index in [2.05, 4.69) is 18.2 Å². The Kier molecular flexibility index (Phi) is 2.12. The van der Waals surface area contributed by atoms with E-state index in [1.54, 1.807) is 0 Å². The smallest absolute Gasteiger partial charge is 0.143 e. The number of Topliss-reactive ketones (excluding diaryl/α,β-unsaturated/α-hetero) is 1. The van der Waals surface area contributed by atoms with E-state index < -0.39 is 0 Å². The molecule has 0 spiro atoms. The van der Waals surface area contributed by atoms with Gasteiger partial charge < -0.3 is 0 Å². The average molecular weight is 200 g/mol. The van der Waals surface area contributed by atoms with Crippen molar-refractivity contribution in [1.82, 2.24) is 0 Å². The van der Waals surface area contributed by atoms with Gasteiger partial charge in [0.15, 0.2) is 0 Å². The van der Waals surface area contributed by atoms with E-state index in [4.69, 9.17) is 0 Å². The lowest BCUT2D eigenvalue weighted by Crippen LogP contribution is -2.29. The topological polar surface area (TPSA) is 17.1 Å². The molecule has 1 fully saturated rings. The summed E-state index contributed by atoms with van der Waals surface area (Å²) in [5.74, 6) is 1.14. The predicted molar refractivity (Wildman–Crippen MR) is 59.9 cm³/mol. The third kappa shape index (κ3) is 1.41. The lowest BCUT2D eigenvalue weighted by atomic mass is 9.72. The highest BCUT2D eigenvalue weighted by molar-refractivity contribution is 5.90. The van der Waals surface area contributed by atoms with E-state index in [1.165, 1.54) is 24.0 Å². The van der Waals surface area contributed by atoms with Gasteiger partial charge in [0.2, 0.25) is 0 Å². The van der Waals surface area contributed by atoms with Crippen LogP contribution in [0.3, 0.4) is 0 Å². The summed E-state index contributed by atoms with van der Waals surface area (Å²) in [7, 11) is 0. The molecule has 1 unspecified atom stereocenters. The van der Waals surface area contributed by atoms with Crippen molar-refractivity contribution in [1.29, 1.82) is 0 Å². The molecule has 0 heterocycles. The van der Waals surface area contributed by atoms with Gasteiger partial charge in [-0.15, -0.1) is 0 Å². The molecule has 0 N–H and O–H groups in total. The van der Waals surface area contributed by atoms with Crippen molar-refractivity contribution < 1.29 is 4.79 Å². The van der Waals surface area contributed by atoms with Gasteiger partial charge in [-0.05, 0) is 30.4 Å². The molecule has 0 aliphatic heterocycles. The molecule has 2 aliphatic carbocycles. The molecule has 1 heteroatoms. The summed E-state index contributed by atoms with van der Waals surface area (Å²) in [6.45, 7) is 0. The zero-order valence-corrected chi connectivity index (χ0v) is 8.91. The Morgan fingerprint density at radius 1 is 1.13 bits per heavy atom. The van der Waals surface area contributed by atoms with Gasteiger partial charge in [-0.25, -0.2) is 0 Å². The van der Waals surface area contributed by atoms with Crippen molar-refractivity contribution in [2.75, 3.05) is 0 Å². The molecule has 0 aromatic heterocycles. The molecule has 0 saturated heterocycles. The van der Waals surface area contributed by atoms with Crippen molar-refractivity contribution in [2.45, 2.75) is 38.0 Å². The molecular weight excluding hydrogens is 184 g/mol. The van der Waals surface area contributed by atoms with Crippen LogP contribution >= 0.6 is 0 Å². The lowest BCUT2D eigenvalue weighted by Gasteiger charge is -2.30. The zero-order chi connectivity index (χ0) is 10.3. The second-order valence-corrected chi connectivity index (χ2v) is 4.84. The van der Waals surface area contributed by atoms with Crippen LogP contribution in [0.2, 0.25) is 0 Å². The molecule has 0 bridgehead atoms. The maximum atomic E-state index is 12.2. The summed E-state index contributed by atoms with van der Waals surface area (Å²) in [5.41, 5.74) is 2.68. The number of benzene rings is 1. The second-order valence-electron chi connectivity index (χ2n) is 4.84. The predicted octanol–water partition coefficient (Wildman–Crippen LogP) is 3.09. The minimum atomic E-state index is 0.240. The normalized spacial score (nSPS) is 24.7. The van der Waals surface area contributed by atoms with Crippen molar-refractivity contribution in [3.8, 4) is 0 Å². The fourth-order valence-electron chi connectivity index (χ4n) is 3.01. The number of fused-ring (bicyclic) bond motifs is 1. The van der Waals surface area contributed by atoms with Gasteiger partial charge in [0.1, 0.15) is 5.78 Å². The molecule has 1 nitrogen and oxygen atoms in total. The van der Waals surface area contributed by atoms with E-state index in [-0.39, 0.29) is 5.92 Å². The minimum absolute atomic E-state index is 0.240. The van der Waals surface area contributed by atoms with Gasteiger partial charge in [-0.2, -0.15) is 0 Å². The maximum Gasteiger partial charge on any atom is 0.143 e. The number of ketones is 1. The van der Waals surface area contributed by atoms with Crippen LogP contribution in [-0.2, 0) is 11.2 Å². The van der Waals surface area contributed by atoms with E-state index in [9.17, 15) is 4.79 Å². The van der Waals surface area contributed by atoms with Crippen LogP contribution in [0.1, 0.15) is 42.7 Å². The van der Waals surface area contributed by atoms with Crippen LogP contribution in [0.5, 0.6) is 0 Å². The lowest BCUT2D eigenvalue weighted by molar-refractivity contribution is -0.124. The van der Waals surface area contributed by atoms with Crippen molar-refractivity contribution in [3.63, 3.8) is 0 Å². The standard InChI is InChI=1S/C14H16O/c15-14(10-5-1-2-6-10)13-9-11-7-3-4-8-12(11)13/h3-4,7-8,10,13H,1-2,5-6,9H2. The highest BCUT2D eigenvalue weighted by Crippen LogP contribution is 2.40. The largest absolute Gasteiger partial charge is 0.299 e. The Hall–Kier alpha value is -1.11. The highest BCUT2D eigenvalue weighted by Gasteiger charge is 2.36. The van der Waals surface area contributed by atoms with Crippen LogP contribution in [0.4, 0.5) is 0 Å². The molecular formula is C14H16O. The SMILES string of the molecule is O=C(C1CCCC1)C1Cc2ccccc21. The summed E-state index contributed by atoms with van der Waals surface area (Å²) in [6, 6.07) is 8.38. The first-order valence-electron chi connectivity index (χ1n) is 5.98. The zero-order valence-electron chi connectivity index (χ0n) is 8.91. The number of hydrogen-bond donors (Lipinski definition) is 0. The van der Waals surface area contributed by atoms with Crippen LogP contribution in [0.25, 0.3) is 0 Å². The van der Waals surface area contributed by atoms with Crippen LogP contribution in [0.15, 0.2) is 24.3 Å². The summed E-state index contributed by atoms with van der Waals surface area (Å²) >= 11 is 0. The molecule has 15 heavy (non-hydrogen) atoms. The highest BCUT2D eigenvalue weighted by atomic mass is 16.1. The first-order valence-corrected chi connectivity index (χ1v) is 5.98. The van der Waals surface area contributed by atoms with E-state index in [0.29, 0.717) is 11.7 Å². The summed E-state index contributed by atoms with van der Waals surface area (Å²) in [5, 5.41) is 0. The molecule has 1 aromatic rings. The fourth-order valence-corrected chi connectivity index (χ4v) is 3.01. The van der Waals surface area contributed by atoms with E-state index >= 15 is 0 Å². The second kappa shape index (κ2) is 3.48. The third-order valence-electron chi connectivity index (χ3n) is 3.96. The quantitative estimate of drug-likeness (QED) is 0.717. The Bertz CT molecular complexity index is 388. The molecule has 1 saturated carbocycles. The van der Waals surface area contributed by atoms with Gasteiger partial charge in [0, 0.05) is 11.8 Å². The number of carbonyl (C=O) groups is 1. The van der Waals surface area contributed by atoms with Crippen LogP contribution < -0.4 is 0 Å². The Morgan fingerprint density at radius 2 is 1.87 bits per heavy atom. The molecule has 78 valence electrons. The van der Waals surface area contributed by atoms with Gasteiger partial charge in [-0.1, -0.05) is 37.1 Å². The van der Waals surface area contributed by atoms with E-state index in [1.807, 2.05) is 6.07 Å².